The Kier molecular flexibility index (Phi) is 2.14. The smallest absolute Gasteiger partial charge is 0.183 e. The molecule has 0 fully saturated rings. The average Bonchev–Trinajstić information content (AvgIpc) is 2.50. The van der Waals surface area contributed by atoms with Crippen molar-refractivity contribution in [1.82, 2.24) is 4.57 Å². The molecule has 0 bridgehead atoms. The molecule has 0 aliphatic carbocycles. The van der Waals surface area contributed by atoms with Crippen LogP contribution >= 0.6 is 0 Å². The predicted octanol–water partition coefficient (Wildman–Crippen LogP) is 2.77. The second-order valence-corrected chi connectivity index (χ2v) is 3.48. The summed E-state index contributed by atoms with van der Waals surface area (Å²) >= 11 is 0. The standard InChI is InChI=1S/C11H11F2NO/c1-6-4-7-9(15-3)5-8(12)10(13)11(7)14(6)2/h4-5H,1-3H3. The summed E-state index contributed by atoms with van der Waals surface area (Å²) in [7, 11) is 3.13. The van der Waals surface area contributed by atoms with E-state index in [-0.39, 0.29) is 5.52 Å². The highest BCUT2D eigenvalue weighted by Gasteiger charge is 2.16. The van der Waals surface area contributed by atoms with Crippen molar-refractivity contribution in [2.75, 3.05) is 7.11 Å². The third-order valence-electron chi connectivity index (χ3n) is 2.63. The van der Waals surface area contributed by atoms with Gasteiger partial charge in [-0.1, -0.05) is 0 Å². The second kappa shape index (κ2) is 3.22. The molecule has 1 heterocycles. The van der Waals surface area contributed by atoms with Crippen molar-refractivity contribution in [2.24, 2.45) is 7.05 Å². The third kappa shape index (κ3) is 1.28. The molecule has 0 amide bonds. The van der Waals surface area contributed by atoms with E-state index in [1.165, 1.54) is 7.11 Å². The molecule has 0 aliphatic rings. The van der Waals surface area contributed by atoms with Crippen LogP contribution < -0.4 is 4.74 Å². The summed E-state index contributed by atoms with van der Waals surface area (Å²) in [6.07, 6.45) is 0. The summed E-state index contributed by atoms with van der Waals surface area (Å²) in [5, 5.41) is 0.594. The minimum Gasteiger partial charge on any atom is -0.496 e. The molecular weight excluding hydrogens is 200 g/mol. The second-order valence-electron chi connectivity index (χ2n) is 3.48. The quantitative estimate of drug-likeness (QED) is 0.707. The monoisotopic (exact) mass is 211 g/mol. The fourth-order valence-electron chi connectivity index (χ4n) is 1.72. The van der Waals surface area contributed by atoms with Crippen molar-refractivity contribution in [2.45, 2.75) is 6.92 Å². The average molecular weight is 211 g/mol. The molecule has 0 radical (unpaired) electrons. The van der Waals surface area contributed by atoms with Crippen LogP contribution in [0.25, 0.3) is 10.9 Å². The molecule has 0 saturated heterocycles. The minimum atomic E-state index is -0.888. The number of hydrogen-bond donors (Lipinski definition) is 0. The molecule has 1 aromatic heterocycles. The van der Waals surface area contributed by atoms with Gasteiger partial charge < -0.3 is 9.30 Å². The van der Waals surface area contributed by atoms with Gasteiger partial charge >= 0.3 is 0 Å². The highest BCUT2D eigenvalue weighted by molar-refractivity contribution is 5.88. The van der Waals surface area contributed by atoms with Crippen LogP contribution in [0, 0.1) is 18.6 Å². The molecule has 0 saturated carbocycles. The summed E-state index contributed by atoms with van der Waals surface area (Å²) in [6, 6.07) is 2.84. The largest absolute Gasteiger partial charge is 0.496 e. The van der Waals surface area contributed by atoms with E-state index >= 15 is 0 Å². The Bertz CT molecular complexity index is 531. The van der Waals surface area contributed by atoms with Crippen LogP contribution in [0.3, 0.4) is 0 Å². The number of methoxy groups -OCH3 is 1. The number of aryl methyl sites for hydroxylation is 2. The summed E-state index contributed by atoms with van der Waals surface area (Å²) in [6.45, 7) is 1.83. The fraction of sp³-hybridized carbons (Fsp3) is 0.273. The van der Waals surface area contributed by atoms with Crippen molar-refractivity contribution in [3.05, 3.63) is 29.5 Å². The Morgan fingerprint density at radius 1 is 1.27 bits per heavy atom. The first-order valence-corrected chi connectivity index (χ1v) is 4.54. The number of ether oxygens (including phenoxy) is 1. The van der Waals surface area contributed by atoms with Crippen LogP contribution in [-0.2, 0) is 7.05 Å². The number of hydrogen-bond acceptors (Lipinski definition) is 1. The maximum absolute atomic E-state index is 13.5. The van der Waals surface area contributed by atoms with E-state index in [9.17, 15) is 8.78 Å². The zero-order chi connectivity index (χ0) is 11.2. The van der Waals surface area contributed by atoms with E-state index in [4.69, 9.17) is 4.74 Å². The van der Waals surface area contributed by atoms with Crippen LogP contribution in [0.5, 0.6) is 5.75 Å². The van der Waals surface area contributed by atoms with Gasteiger partial charge in [0.05, 0.1) is 12.6 Å². The molecule has 80 valence electrons. The predicted molar refractivity (Wildman–Crippen MR) is 54.1 cm³/mol. The Labute approximate surface area is 86.1 Å². The van der Waals surface area contributed by atoms with Gasteiger partial charge in [-0.05, 0) is 13.0 Å². The fourth-order valence-corrected chi connectivity index (χ4v) is 1.72. The Morgan fingerprint density at radius 2 is 1.93 bits per heavy atom. The normalized spacial score (nSPS) is 11.0. The number of halogens is 2. The van der Waals surface area contributed by atoms with Gasteiger partial charge in [-0.3, -0.25) is 0 Å². The molecule has 2 rings (SSSR count). The summed E-state index contributed by atoms with van der Waals surface area (Å²) < 4.78 is 33.4. The van der Waals surface area contributed by atoms with Crippen LogP contribution in [0.2, 0.25) is 0 Å². The number of fused-ring (bicyclic) bond motifs is 1. The van der Waals surface area contributed by atoms with Crippen LogP contribution in [0.15, 0.2) is 12.1 Å². The topological polar surface area (TPSA) is 14.2 Å². The lowest BCUT2D eigenvalue weighted by atomic mass is 10.2. The van der Waals surface area contributed by atoms with E-state index in [0.717, 1.165) is 11.8 Å². The highest BCUT2D eigenvalue weighted by Crippen LogP contribution is 2.31. The number of rotatable bonds is 1. The molecule has 1 aromatic carbocycles. The van der Waals surface area contributed by atoms with Crippen molar-refractivity contribution < 1.29 is 13.5 Å². The molecule has 0 spiro atoms. The first-order chi connectivity index (χ1) is 7.06. The SMILES string of the molecule is COc1cc(F)c(F)c2c1cc(C)n2C. The van der Waals surface area contributed by atoms with Crippen LogP contribution in [-0.4, -0.2) is 11.7 Å². The maximum Gasteiger partial charge on any atom is 0.183 e. The zero-order valence-electron chi connectivity index (χ0n) is 8.77. The first kappa shape index (κ1) is 9.96. The summed E-state index contributed by atoms with van der Waals surface area (Å²) in [5.41, 5.74) is 1.09. The molecule has 0 unspecified atom stereocenters. The zero-order valence-corrected chi connectivity index (χ0v) is 8.77. The molecule has 0 atom stereocenters. The maximum atomic E-state index is 13.5. The van der Waals surface area contributed by atoms with E-state index in [0.29, 0.717) is 11.1 Å². The third-order valence-corrected chi connectivity index (χ3v) is 2.63. The van der Waals surface area contributed by atoms with Gasteiger partial charge in [0, 0.05) is 24.2 Å². The van der Waals surface area contributed by atoms with Gasteiger partial charge in [0.25, 0.3) is 0 Å². The van der Waals surface area contributed by atoms with Crippen molar-refractivity contribution >= 4 is 10.9 Å². The van der Waals surface area contributed by atoms with E-state index in [1.807, 2.05) is 6.92 Å². The Balaban J connectivity index is 2.96. The minimum absolute atomic E-state index is 0.240. The Hall–Kier alpha value is -1.58. The van der Waals surface area contributed by atoms with Crippen molar-refractivity contribution in [1.29, 1.82) is 0 Å². The highest BCUT2D eigenvalue weighted by atomic mass is 19.2. The molecule has 2 nitrogen and oxygen atoms in total. The van der Waals surface area contributed by atoms with Gasteiger partial charge in [-0.15, -0.1) is 0 Å². The summed E-state index contributed by atoms with van der Waals surface area (Å²) in [4.78, 5) is 0. The number of benzene rings is 1. The molecular formula is C11H11F2NO. The van der Waals surface area contributed by atoms with E-state index in [2.05, 4.69) is 0 Å². The van der Waals surface area contributed by atoms with E-state index < -0.39 is 11.6 Å². The lowest BCUT2D eigenvalue weighted by Gasteiger charge is -2.05. The summed E-state index contributed by atoms with van der Waals surface area (Å²) in [5.74, 6) is -1.37. The number of aromatic nitrogens is 1. The van der Waals surface area contributed by atoms with Crippen LogP contribution in [0.4, 0.5) is 8.78 Å². The van der Waals surface area contributed by atoms with Gasteiger partial charge in [-0.2, -0.15) is 0 Å². The van der Waals surface area contributed by atoms with E-state index in [1.54, 1.807) is 17.7 Å². The van der Waals surface area contributed by atoms with Crippen molar-refractivity contribution in [3.63, 3.8) is 0 Å². The van der Waals surface area contributed by atoms with Gasteiger partial charge in [-0.25, -0.2) is 8.78 Å². The molecule has 15 heavy (non-hydrogen) atoms. The molecule has 0 aliphatic heterocycles. The van der Waals surface area contributed by atoms with Gasteiger partial charge in [0.15, 0.2) is 11.6 Å². The van der Waals surface area contributed by atoms with Gasteiger partial charge in [0.1, 0.15) is 5.75 Å². The van der Waals surface area contributed by atoms with Gasteiger partial charge in [0.2, 0.25) is 0 Å². The lowest BCUT2D eigenvalue weighted by Crippen LogP contribution is -1.96. The molecule has 4 heteroatoms. The first-order valence-electron chi connectivity index (χ1n) is 4.54. The van der Waals surface area contributed by atoms with Crippen LogP contribution in [0.1, 0.15) is 5.69 Å². The lowest BCUT2D eigenvalue weighted by molar-refractivity contribution is 0.412. The Morgan fingerprint density at radius 3 is 2.53 bits per heavy atom. The molecule has 2 aromatic rings. The number of nitrogens with zero attached hydrogens (tertiary/aromatic N) is 1. The van der Waals surface area contributed by atoms with Crippen molar-refractivity contribution in [3.8, 4) is 5.75 Å². The molecule has 0 N–H and O–H groups in total.